The number of anilines is 1. The fourth-order valence-electron chi connectivity index (χ4n) is 6.46. The van der Waals surface area contributed by atoms with E-state index >= 15 is 4.39 Å². The van der Waals surface area contributed by atoms with Crippen molar-refractivity contribution in [1.29, 1.82) is 0 Å². The van der Waals surface area contributed by atoms with Crippen LogP contribution in [0.15, 0.2) is 40.9 Å². The first kappa shape index (κ1) is 29.5. The van der Waals surface area contributed by atoms with Gasteiger partial charge in [0.2, 0.25) is 5.88 Å². The summed E-state index contributed by atoms with van der Waals surface area (Å²) in [6.07, 6.45) is 0.644. The van der Waals surface area contributed by atoms with Gasteiger partial charge in [-0.25, -0.2) is 28.9 Å². The molecule has 7 heterocycles. The zero-order chi connectivity index (χ0) is 31.3. The minimum atomic E-state index is -1.91. The van der Waals surface area contributed by atoms with E-state index in [9.17, 15) is 14.7 Å². The maximum absolute atomic E-state index is 16.9. The number of nitrogens with zero attached hydrogens (tertiary/aromatic N) is 5. The number of hydrogen-bond acceptors (Lipinski definition) is 10. The quantitative estimate of drug-likeness (QED) is 0.297. The van der Waals surface area contributed by atoms with E-state index in [0.29, 0.717) is 34.7 Å². The summed E-state index contributed by atoms with van der Waals surface area (Å²) in [5.74, 6) is -1.05. The molecule has 4 aliphatic heterocycles. The van der Waals surface area contributed by atoms with Gasteiger partial charge in [-0.05, 0) is 18.2 Å². The number of halogens is 2. The summed E-state index contributed by atoms with van der Waals surface area (Å²) in [7, 11) is 0. The Bertz CT molecular complexity index is 1790. The lowest BCUT2D eigenvalue weighted by atomic mass is 9.79. The van der Waals surface area contributed by atoms with Crippen LogP contribution in [0.25, 0.3) is 22.1 Å². The van der Waals surface area contributed by atoms with Gasteiger partial charge in [0.25, 0.3) is 0 Å². The first-order valence-electron chi connectivity index (χ1n) is 14.9. The largest absolute Gasteiger partial charge is 0.480 e. The fraction of sp³-hybridized carbons (Fsp3) is 0.452. The zero-order valence-electron chi connectivity index (χ0n) is 24.4. The van der Waals surface area contributed by atoms with Crippen LogP contribution in [-0.2, 0) is 26.5 Å². The third kappa shape index (κ3) is 5.37. The van der Waals surface area contributed by atoms with Gasteiger partial charge in [0.1, 0.15) is 35.5 Å². The van der Waals surface area contributed by atoms with Gasteiger partial charge in [-0.3, -0.25) is 0 Å². The summed E-state index contributed by atoms with van der Waals surface area (Å²) in [6.45, 7) is 2.50. The minimum absolute atomic E-state index is 0.0208. The number of benzene rings is 1. The fourth-order valence-corrected chi connectivity index (χ4v) is 6.62. The van der Waals surface area contributed by atoms with Crippen molar-refractivity contribution in [3.8, 4) is 5.88 Å². The number of fused-ring (bicyclic) bond motifs is 11. The Balaban J connectivity index is 1.31. The van der Waals surface area contributed by atoms with Crippen LogP contribution in [0.1, 0.15) is 37.6 Å². The van der Waals surface area contributed by atoms with Gasteiger partial charge in [-0.1, -0.05) is 30.7 Å². The van der Waals surface area contributed by atoms with Crippen molar-refractivity contribution in [3.63, 3.8) is 0 Å². The Morgan fingerprint density at radius 2 is 2.04 bits per heavy atom. The van der Waals surface area contributed by atoms with Crippen molar-refractivity contribution in [2.24, 2.45) is 5.92 Å². The lowest BCUT2D eigenvalue weighted by Gasteiger charge is -2.41. The number of aliphatic carboxylic acids is 1. The SMILES string of the molecule is C[C@H]1CN2CC[C@]1(F)c1cc(Cl)cnc1O[C@H]1C[C@@H](C(=O)O)N(C1)c1nc(nc3c1oc1ccccc13)COCCCOC2=O. The number of hydrogen-bond donors (Lipinski definition) is 1. The second-order valence-corrected chi connectivity index (χ2v) is 12.1. The monoisotopic (exact) mass is 639 g/mol. The summed E-state index contributed by atoms with van der Waals surface area (Å²) < 4.78 is 40.7. The molecule has 2 saturated heterocycles. The highest BCUT2D eigenvalue weighted by molar-refractivity contribution is 6.30. The Hall–Kier alpha value is -4.23. The highest BCUT2D eigenvalue weighted by atomic mass is 35.5. The van der Waals surface area contributed by atoms with E-state index in [1.54, 1.807) is 17.9 Å². The Morgan fingerprint density at radius 3 is 2.87 bits per heavy atom. The summed E-state index contributed by atoms with van der Waals surface area (Å²) in [5.41, 5.74) is -0.300. The molecule has 4 aromatic rings. The molecule has 2 fully saturated rings. The van der Waals surface area contributed by atoms with Crippen molar-refractivity contribution >= 4 is 51.6 Å². The van der Waals surface area contributed by atoms with Crippen molar-refractivity contribution in [2.45, 2.75) is 50.6 Å². The van der Waals surface area contributed by atoms with Gasteiger partial charge in [0.15, 0.2) is 17.2 Å². The molecule has 45 heavy (non-hydrogen) atoms. The number of pyridine rings is 1. The number of carboxylic acids is 1. The number of ether oxygens (including phenoxy) is 3. The maximum Gasteiger partial charge on any atom is 0.409 e. The standard InChI is InChI=1S/C31H31ClFN5O7/c1-17-14-37-8-7-31(17,33)21-11-18(32)13-34-28(21)44-19-12-22(29(39)40)38(15-19)27-26-25(20-5-2-3-6-23(20)45-26)35-24(36-27)16-42-9-4-10-43-30(37)41/h2-3,5-6,11,13,17,19,22H,4,7-10,12,14-16H2,1H3,(H,39,40)/t17-,19-,22-,31+/m0/s1. The van der Waals surface area contributed by atoms with Crippen LogP contribution in [0, 0.1) is 5.92 Å². The molecule has 1 N–H and O–H groups in total. The average molecular weight is 640 g/mol. The van der Waals surface area contributed by atoms with Crippen LogP contribution in [0.3, 0.4) is 0 Å². The van der Waals surface area contributed by atoms with E-state index in [-0.39, 0.29) is 68.8 Å². The Morgan fingerprint density at radius 1 is 1.20 bits per heavy atom. The topological polar surface area (TPSA) is 140 Å². The first-order valence-corrected chi connectivity index (χ1v) is 15.3. The molecule has 14 heteroatoms. The van der Waals surface area contributed by atoms with Crippen molar-refractivity contribution in [1.82, 2.24) is 19.9 Å². The highest BCUT2D eigenvalue weighted by Gasteiger charge is 2.47. The number of para-hydroxylation sites is 1. The first-order chi connectivity index (χ1) is 21.7. The molecule has 4 atom stereocenters. The maximum atomic E-state index is 16.9. The molecule has 1 amide bonds. The summed E-state index contributed by atoms with van der Waals surface area (Å²) in [4.78, 5) is 42.3. The molecule has 12 nitrogen and oxygen atoms in total. The molecule has 6 bridgehead atoms. The lowest BCUT2D eigenvalue weighted by Crippen LogP contribution is -2.49. The number of piperidine rings is 1. The molecule has 8 rings (SSSR count). The van der Waals surface area contributed by atoms with Gasteiger partial charge in [0, 0.05) is 49.9 Å². The number of carbonyl (C=O) groups is 2. The van der Waals surface area contributed by atoms with Crippen LogP contribution in [0.4, 0.5) is 15.0 Å². The number of amides is 1. The normalized spacial score (nSPS) is 26.0. The average Bonchev–Trinajstić information content (AvgIpc) is 3.62. The number of carboxylic acid groups (broad SMARTS) is 1. The zero-order valence-corrected chi connectivity index (χ0v) is 25.2. The van der Waals surface area contributed by atoms with E-state index in [2.05, 4.69) is 4.98 Å². The lowest BCUT2D eigenvalue weighted by molar-refractivity contribution is -0.138. The third-order valence-electron chi connectivity index (χ3n) is 8.78. The van der Waals surface area contributed by atoms with Crippen molar-refractivity contribution in [3.05, 3.63) is 52.9 Å². The van der Waals surface area contributed by atoms with Gasteiger partial charge in [-0.2, -0.15) is 0 Å². The van der Waals surface area contributed by atoms with Crippen molar-refractivity contribution in [2.75, 3.05) is 37.7 Å². The third-order valence-corrected chi connectivity index (χ3v) is 8.99. The van der Waals surface area contributed by atoms with Crippen LogP contribution >= 0.6 is 11.6 Å². The van der Waals surface area contributed by atoms with Crippen LogP contribution < -0.4 is 9.64 Å². The Kier molecular flexibility index (Phi) is 7.60. The highest BCUT2D eigenvalue weighted by Crippen LogP contribution is 2.46. The molecule has 0 unspecified atom stereocenters. The number of aromatic nitrogens is 3. The minimum Gasteiger partial charge on any atom is -0.480 e. The summed E-state index contributed by atoms with van der Waals surface area (Å²) in [6, 6.07) is 7.85. The molecule has 0 spiro atoms. The van der Waals surface area contributed by atoms with E-state index in [1.165, 1.54) is 17.2 Å². The van der Waals surface area contributed by atoms with Crippen LogP contribution in [-0.4, -0.2) is 82.0 Å². The van der Waals surface area contributed by atoms with Gasteiger partial charge >= 0.3 is 12.1 Å². The number of rotatable bonds is 1. The van der Waals surface area contributed by atoms with Crippen LogP contribution in [0.2, 0.25) is 5.02 Å². The molecular formula is C31H31ClFN5O7. The molecule has 1 aromatic carbocycles. The molecule has 3 aromatic heterocycles. The second-order valence-electron chi connectivity index (χ2n) is 11.7. The van der Waals surface area contributed by atoms with E-state index in [0.717, 1.165) is 5.39 Å². The molecule has 236 valence electrons. The smallest absolute Gasteiger partial charge is 0.409 e. The second kappa shape index (κ2) is 11.6. The molecular weight excluding hydrogens is 609 g/mol. The summed E-state index contributed by atoms with van der Waals surface area (Å²) in [5, 5.41) is 11.3. The number of carbonyl (C=O) groups excluding carboxylic acids is 1. The van der Waals surface area contributed by atoms with Gasteiger partial charge in [-0.15, -0.1) is 0 Å². The summed E-state index contributed by atoms with van der Waals surface area (Å²) >= 11 is 6.30. The van der Waals surface area contributed by atoms with E-state index in [1.807, 2.05) is 18.2 Å². The number of alkyl halides is 1. The molecule has 0 radical (unpaired) electrons. The molecule has 4 aliphatic rings. The Labute approximate surface area is 262 Å². The van der Waals surface area contributed by atoms with E-state index < -0.39 is 35.8 Å². The van der Waals surface area contributed by atoms with Gasteiger partial charge in [0.05, 0.1) is 30.3 Å². The predicted octanol–water partition coefficient (Wildman–Crippen LogP) is 5.10. The predicted molar refractivity (Wildman–Crippen MR) is 160 cm³/mol. The molecule has 0 aliphatic carbocycles. The van der Waals surface area contributed by atoms with E-state index in [4.69, 9.17) is 40.2 Å². The molecule has 0 saturated carbocycles. The van der Waals surface area contributed by atoms with Gasteiger partial charge < -0.3 is 33.5 Å². The number of furan rings is 1. The van der Waals surface area contributed by atoms with Crippen LogP contribution in [0.5, 0.6) is 5.88 Å². The van der Waals surface area contributed by atoms with Crippen molar-refractivity contribution < 1.29 is 37.7 Å².